The third-order valence-electron chi connectivity index (χ3n) is 6.67. The van der Waals surface area contributed by atoms with Gasteiger partial charge in [-0.3, -0.25) is 9.59 Å². The van der Waals surface area contributed by atoms with E-state index in [4.69, 9.17) is 4.74 Å². The van der Waals surface area contributed by atoms with Gasteiger partial charge >= 0.3 is 0 Å². The number of likely N-dealkylation sites (tertiary alicyclic amines) is 1. The molecule has 0 spiro atoms. The second kappa shape index (κ2) is 9.89. The number of carbonyl (C=O) groups is 2. The van der Waals surface area contributed by atoms with Gasteiger partial charge in [-0.2, -0.15) is 0 Å². The van der Waals surface area contributed by atoms with E-state index in [1.165, 1.54) is 10.5 Å². The number of benzene rings is 2. The lowest BCUT2D eigenvalue weighted by Crippen LogP contribution is -3.14. The van der Waals surface area contributed by atoms with Gasteiger partial charge in [0.1, 0.15) is 13.1 Å². The number of Topliss-reactive ketones (excluding diaryl/α,β-unsaturated/α-hetero) is 1. The third-order valence-corrected chi connectivity index (χ3v) is 6.67. The summed E-state index contributed by atoms with van der Waals surface area (Å²) in [4.78, 5) is 29.2. The van der Waals surface area contributed by atoms with Gasteiger partial charge in [0, 0.05) is 5.57 Å². The van der Waals surface area contributed by atoms with Gasteiger partial charge in [0.15, 0.2) is 0 Å². The fraction of sp³-hybridized carbons (Fsp3) is 0.407. The highest BCUT2D eigenvalue weighted by Gasteiger charge is 2.44. The number of ketones is 1. The monoisotopic (exact) mass is 448 g/mol. The third kappa shape index (κ3) is 4.87. The first kappa shape index (κ1) is 23.2. The average molecular weight is 449 g/mol. The largest absolute Gasteiger partial charge is 0.872 e. The summed E-state index contributed by atoms with van der Waals surface area (Å²) in [6.07, 6.45) is 0. The molecule has 2 aliphatic heterocycles. The molecule has 2 heterocycles. The number of nitrogens with zero attached hydrogens (tertiary/aromatic N) is 1. The molecule has 6 heteroatoms. The molecular weight excluding hydrogens is 416 g/mol. The summed E-state index contributed by atoms with van der Waals surface area (Å²) in [7, 11) is 0. The van der Waals surface area contributed by atoms with Crippen molar-refractivity contribution in [2.24, 2.45) is 0 Å². The standard InChI is InChI=1S/C27H32N2O4/c1-18(2)20-8-10-21(11-9-20)24-23(25(30)22-6-4-19(3)5-7-22)26(31)27(32)29(24)13-12-28-14-16-33-17-15-28/h4-11,18,24,30H,12-17H2,1-3H3. The van der Waals surface area contributed by atoms with E-state index in [0.29, 0.717) is 31.2 Å². The summed E-state index contributed by atoms with van der Waals surface area (Å²) in [6.45, 7) is 10.5. The molecular formula is C27H32N2O4. The molecule has 0 radical (unpaired) electrons. The highest BCUT2D eigenvalue weighted by molar-refractivity contribution is 6.46. The van der Waals surface area contributed by atoms with Crippen molar-refractivity contribution in [2.75, 3.05) is 39.4 Å². The number of carbonyl (C=O) groups excluding carboxylic acids is 2. The second-order valence-corrected chi connectivity index (χ2v) is 9.27. The number of rotatable bonds is 6. The molecule has 1 amide bonds. The maximum Gasteiger partial charge on any atom is 0.295 e. The van der Waals surface area contributed by atoms with Crippen LogP contribution in [0, 0.1) is 6.92 Å². The Morgan fingerprint density at radius 3 is 2.30 bits per heavy atom. The SMILES string of the molecule is Cc1ccc(C([O-])=C2C(=O)C(=O)N(CC[NH+]3CCOCC3)C2c2ccc(C(C)C)cc2)cc1. The summed E-state index contributed by atoms with van der Waals surface area (Å²) in [5.74, 6) is -1.27. The normalized spacial score (nSPS) is 21.2. The van der Waals surface area contributed by atoms with Gasteiger partial charge in [-0.25, -0.2) is 0 Å². The molecule has 1 unspecified atom stereocenters. The first-order valence-corrected chi connectivity index (χ1v) is 11.7. The molecule has 2 aromatic carbocycles. The minimum Gasteiger partial charge on any atom is -0.872 e. The van der Waals surface area contributed by atoms with Crippen LogP contribution < -0.4 is 10.0 Å². The van der Waals surface area contributed by atoms with E-state index < -0.39 is 17.7 Å². The Balaban J connectivity index is 1.73. The Labute approximate surface area is 195 Å². The van der Waals surface area contributed by atoms with E-state index in [1.807, 2.05) is 43.3 Å². The first-order valence-electron chi connectivity index (χ1n) is 11.7. The summed E-state index contributed by atoms with van der Waals surface area (Å²) >= 11 is 0. The van der Waals surface area contributed by atoms with E-state index in [-0.39, 0.29) is 11.3 Å². The molecule has 4 rings (SSSR count). The number of hydrogen-bond donors (Lipinski definition) is 1. The lowest BCUT2D eigenvalue weighted by Gasteiger charge is -2.30. The van der Waals surface area contributed by atoms with Gasteiger partial charge < -0.3 is 19.6 Å². The molecule has 2 fully saturated rings. The van der Waals surface area contributed by atoms with Crippen LogP contribution in [-0.2, 0) is 14.3 Å². The Bertz CT molecular complexity index is 1030. The molecule has 1 N–H and O–H groups in total. The van der Waals surface area contributed by atoms with E-state index >= 15 is 0 Å². The Morgan fingerprint density at radius 2 is 1.70 bits per heavy atom. The highest BCUT2D eigenvalue weighted by atomic mass is 16.5. The number of quaternary nitrogens is 1. The summed E-state index contributed by atoms with van der Waals surface area (Å²) in [6, 6.07) is 14.4. The second-order valence-electron chi connectivity index (χ2n) is 9.27. The number of amides is 1. The predicted octanol–water partition coefficient (Wildman–Crippen LogP) is 1.26. The van der Waals surface area contributed by atoms with Crippen molar-refractivity contribution >= 4 is 17.4 Å². The van der Waals surface area contributed by atoms with Crippen LogP contribution in [0.5, 0.6) is 0 Å². The smallest absolute Gasteiger partial charge is 0.295 e. The van der Waals surface area contributed by atoms with Crippen LogP contribution in [0.15, 0.2) is 54.1 Å². The topological polar surface area (TPSA) is 74.1 Å². The fourth-order valence-electron chi connectivity index (χ4n) is 4.56. The van der Waals surface area contributed by atoms with Gasteiger partial charge in [0.2, 0.25) is 5.78 Å². The molecule has 33 heavy (non-hydrogen) atoms. The first-order chi connectivity index (χ1) is 15.9. The van der Waals surface area contributed by atoms with Crippen molar-refractivity contribution in [3.63, 3.8) is 0 Å². The molecule has 0 saturated carbocycles. The molecule has 0 aromatic heterocycles. The van der Waals surface area contributed by atoms with Crippen LogP contribution in [0.3, 0.4) is 0 Å². The molecule has 2 saturated heterocycles. The van der Waals surface area contributed by atoms with E-state index in [2.05, 4.69) is 13.8 Å². The van der Waals surface area contributed by atoms with Crippen LogP contribution in [-0.4, -0.2) is 56.0 Å². The minimum absolute atomic E-state index is 0.0538. The zero-order valence-electron chi connectivity index (χ0n) is 19.6. The predicted molar refractivity (Wildman–Crippen MR) is 124 cm³/mol. The van der Waals surface area contributed by atoms with Crippen molar-refractivity contribution in [2.45, 2.75) is 32.7 Å². The van der Waals surface area contributed by atoms with Crippen molar-refractivity contribution in [1.29, 1.82) is 0 Å². The summed E-state index contributed by atoms with van der Waals surface area (Å²) in [5, 5.41) is 13.5. The van der Waals surface area contributed by atoms with Gasteiger partial charge in [0.25, 0.3) is 5.91 Å². The maximum atomic E-state index is 13.5. The number of nitrogens with one attached hydrogen (secondary N) is 1. The van der Waals surface area contributed by atoms with Gasteiger partial charge in [-0.15, -0.1) is 0 Å². The molecule has 2 aliphatic rings. The van der Waals surface area contributed by atoms with Crippen molar-refractivity contribution < 1.29 is 24.3 Å². The van der Waals surface area contributed by atoms with Crippen molar-refractivity contribution in [1.82, 2.24) is 4.90 Å². The lowest BCUT2D eigenvalue weighted by molar-refractivity contribution is -0.907. The highest BCUT2D eigenvalue weighted by Crippen LogP contribution is 2.38. The minimum atomic E-state index is -0.685. The van der Waals surface area contributed by atoms with Gasteiger partial charge in [-0.05, 0) is 29.5 Å². The molecule has 6 nitrogen and oxygen atoms in total. The van der Waals surface area contributed by atoms with Crippen LogP contribution >= 0.6 is 0 Å². The average Bonchev–Trinajstić information content (AvgIpc) is 3.08. The molecule has 0 aliphatic carbocycles. The Kier molecular flexibility index (Phi) is 6.96. The van der Waals surface area contributed by atoms with E-state index in [1.54, 1.807) is 17.0 Å². The number of morpholine rings is 1. The van der Waals surface area contributed by atoms with E-state index in [0.717, 1.165) is 30.8 Å². The van der Waals surface area contributed by atoms with Crippen LogP contribution in [0.2, 0.25) is 0 Å². The molecule has 1 atom stereocenters. The van der Waals surface area contributed by atoms with Crippen LogP contribution in [0.25, 0.3) is 5.76 Å². The maximum absolute atomic E-state index is 13.5. The van der Waals surface area contributed by atoms with Crippen molar-refractivity contribution in [3.8, 4) is 0 Å². The molecule has 2 aromatic rings. The zero-order chi connectivity index (χ0) is 23.5. The zero-order valence-corrected chi connectivity index (χ0v) is 19.6. The Morgan fingerprint density at radius 1 is 1.06 bits per heavy atom. The van der Waals surface area contributed by atoms with Crippen LogP contribution in [0.1, 0.15) is 48.1 Å². The van der Waals surface area contributed by atoms with Crippen LogP contribution in [0.4, 0.5) is 0 Å². The number of ether oxygens (including phenoxy) is 1. The number of hydrogen-bond acceptors (Lipinski definition) is 4. The van der Waals surface area contributed by atoms with Gasteiger partial charge in [0.05, 0.1) is 32.3 Å². The lowest BCUT2D eigenvalue weighted by atomic mass is 9.93. The quantitative estimate of drug-likeness (QED) is 0.410. The van der Waals surface area contributed by atoms with Gasteiger partial charge in [-0.1, -0.05) is 73.7 Å². The number of aryl methyl sites for hydroxylation is 1. The molecule has 0 bridgehead atoms. The van der Waals surface area contributed by atoms with E-state index in [9.17, 15) is 14.7 Å². The summed E-state index contributed by atoms with van der Waals surface area (Å²) < 4.78 is 5.43. The summed E-state index contributed by atoms with van der Waals surface area (Å²) in [5.41, 5.74) is 3.48. The van der Waals surface area contributed by atoms with Crippen molar-refractivity contribution in [3.05, 3.63) is 76.4 Å². The molecule has 174 valence electrons. The Hall–Kier alpha value is -2.96. The fourth-order valence-corrected chi connectivity index (χ4v) is 4.56.